The van der Waals surface area contributed by atoms with Crippen LogP contribution in [0.15, 0.2) is 59.6 Å². The van der Waals surface area contributed by atoms with Gasteiger partial charge in [-0.05, 0) is 79.6 Å². The van der Waals surface area contributed by atoms with Crippen molar-refractivity contribution in [3.63, 3.8) is 0 Å². The van der Waals surface area contributed by atoms with Crippen LogP contribution in [-0.4, -0.2) is 58.6 Å². The topological polar surface area (TPSA) is 82.9 Å². The highest BCUT2D eigenvalue weighted by Crippen LogP contribution is 2.35. The van der Waals surface area contributed by atoms with E-state index in [9.17, 15) is 15.0 Å². The lowest BCUT2D eigenvalue weighted by Crippen LogP contribution is -2.42. The summed E-state index contributed by atoms with van der Waals surface area (Å²) in [6.07, 6.45) is 3.54. The average molecular weight is 529 g/mol. The Morgan fingerprint density at radius 3 is 2.86 bits per heavy atom. The van der Waals surface area contributed by atoms with E-state index in [4.69, 9.17) is 16.3 Å². The molecule has 4 rings (SSSR count). The number of pyridine rings is 1. The number of halogens is 1. The van der Waals surface area contributed by atoms with Gasteiger partial charge in [0.05, 0.1) is 23.8 Å². The van der Waals surface area contributed by atoms with Gasteiger partial charge < -0.3 is 19.8 Å². The predicted octanol–water partition coefficient (Wildman–Crippen LogP) is 5.92. The number of carboxylic acids is 1. The summed E-state index contributed by atoms with van der Waals surface area (Å²) in [4.78, 5) is 19.5. The summed E-state index contributed by atoms with van der Waals surface area (Å²) in [5.74, 6) is 1.22. The number of fused-ring (bicyclic) bond motifs is 1. The second-order valence-corrected chi connectivity index (χ2v) is 10.9. The molecule has 0 unspecified atom stereocenters. The molecule has 192 valence electrons. The van der Waals surface area contributed by atoms with Gasteiger partial charge in [0.1, 0.15) is 5.75 Å². The molecule has 1 aromatic heterocycles. The lowest BCUT2D eigenvalue weighted by molar-refractivity contribution is -0.139. The normalized spacial score (nSPS) is 19.3. The minimum atomic E-state index is -0.759. The fourth-order valence-electron chi connectivity index (χ4n) is 5.13. The first-order chi connectivity index (χ1) is 17.4. The number of aliphatic hydroxyl groups is 1. The molecule has 0 saturated carbocycles. The van der Waals surface area contributed by atoms with E-state index in [1.54, 1.807) is 25.1 Å². The number of piperidine rings is 1. The van der Waals surface area contributed by atoms with E-state index < -0.39 is 12.1 Å². The third-order valence-corrected chi connectivity index (χ3v) is 8.56. The number of aromatic nitrogens is 1. The minimum Gasteiger partial charge on any atom is -0.497 e. The van der Waals surface area contributed by atoms with Crippen molar-refractivity contribution in [2.75, 3.05) is 32.5 Å². The molecule has 36 heavy (non-hydrogen) atoms. The molecule has 3 atom stereocenters. The Bertz CT molecular complexity index is 1180. The second-order valence-electron chi connectivity index (χ2n) is 9.36. The molecule has 0 amide bonds. The zero-order chi connectivity index (χ0) is 25.5. The number of likely N-dealkylation sites (tertiary alicyclic amines) is 1. The van der Waals surface area contributed by atoms with Crippen LogP contribution in [0.4, 0.5) is 0 Å². The second kappa shape index (κ2) is 12.8. The molecule has 2 heterocycles. The molecule has 0 bridgehead atoms. The summed E-state index contributed by atoms with van der Waals surface area (Å²) < 4.78 is 5.35. The van der Waals surface area contributed by atoms with Gasteiger partial charge in [0.25, 0.3) is 0 Å². The van der Waals surface area contributed by atoms with Crippen LogP contribution in [0, 0.1) is 11.8 Å². The summed E-state index contributed by atoms with van der Waals surface area (Å²) in [5.41, 5.74) is 1.65. The summed E-state index contributed by atoms with van der Waals surface area (Å²) in [6, 6.07) is 15.4. The number of methoxy groups -OCH3 is 1. The molecule has 2 N–H and O–H groups in total. The van der Waals surface area contributed by atoms with Crippen molar-refractivity contribution < 1.29 is 19.7 Å². The van der Waals surface area contributed by atoms with Gasteiger partial charge in [0, 0.05) is 41.7 Å². The lowest BCUT2D eigenvalue weighted by Gasteiger charge is -2.38. The summed E-state index contributed by atoms with van der Waals surface area (Å²) in [5, 5.41) is 22.3. The first kappa shape index (κ1) is 26.7. The Balaban J connectivity index is 1.35. The van der Waals surface area contributed by atoms with Crippen molar-refractivity contribution in [2.45, 2.75) is 36.7 Å². The Kier molecular flexibility index (Phi) is 9.48. The van der Waals surface area contributed by atoms with Gasteiger partial charge in [0.15, 0.2) is 0 Å². The van der Waals surface area contributed by atoms with Crippen molar-refractivity contribution in [3.05, 3.63) is 65.3 Å². The first-order valence-electron chi connectivity index (χ1n) is 12.4. The van der Waals surface area contributed by atoms with Gasteiger partial charge in [0.2, 0.25) is 0 Å². The standard InChI is InChI=1S/C28H33ClN2O4S/c1-35-21-7-8-25-23(17-21)22(10-12-30-25)26(32)9-6-19-11-13-31(18-20(19)16-28(33)34)14-15-36-27-5-3-2-4-24(27)29/h2-5,7-8,10,12,17,19-20,26,32H,6,9,11,13-16,18H2,1H3,(H,33,34)/t19-,20+,26+/m1/s1. The van der Waals surface area contributed by atoms with Crippen molar-refractivity contribution in [1.82, 2.24) is 9.88 Å². The highest BCUT2D eigenvalue weighted by molar-refractivity contribution is 7.99. The van der Waals surface area contributed by atoms with Gasteiger partial charge in [-0.25, -0.2) is 0 Å². The molecule has 1 fully saturated rings. The molecule has 1 saturated heterocycles. The summed E-state index contributed by atoms with van der Waals surface area (Å²) in [7, 11) is 1.62. The average Bonchev–Trinajstić information content (AvgIpc) is 2.88. The van der Waals surface area contributed by atoms with Gasteiger partial charge >= 0.3 is 5.97 Å². The van der Waals surface area contributed by atoms with Crippen LogP contribution in [0.3, 0.4) is 0 Å². The van der Waals surface area contributed by atoms with E-state index >= 15 is 0 Å². The van der Waals surface area contributed by atoms with Crippen LogP contribution in [0.5, 0.6) is 5.75 Å². The fourth-order valence-corrected chi connectivity index (χ4v) is 6.38. The Morgan fingerprint density at radius 2 is 2.08 bits per heavy atom. The van der Waals surface area contributed by atoms with Gasteiger partial charge in [-0.15, -0.1) is 11.8 Å². The van der Waals surface area contributed by atoms with E-state index in [0.29, 0.717) is 6.42 Å². The van der Waals surface area contributed by atoms with E-state index in [1.807, 2.05) is 48.5 Å². The zero-order valence-electron chi connectivity index (χ0n) is 20.5. The molecule has 0 aliphatic carbocycles. The number of ether oxygens (including phenoxy) is 1. The number of rotatable bonds is 11. The SMILES string of the molecule is COc1ccc2nccc([C@@H](O)CC[C@@H]3CCN(CCSc4ccccc4Cl)C[C@@H]3CC(=O)O)c2c1. The summed E-state index contributed by atoms with van der Waals surface area (Å²) in [6.45, 7) is 2.60. The monoisotopic (exact) mass is 528 g/mol. The Hall–Kier alpha value is -2.32. The Morgan fingerprint density at radius 1 is 1.25 bits per heavy atom. The molecule has 1 aliphatic heterocycles. The van der Waals surface area contributed by atoms with Crippen molar-refractivity contribution in [2.24, 2.45) is 11.8 Å². The van der Waals surface area contributed by atoms with Crippen LogP contribution < -0.4 is 4.74 Å². The molecule has 8 heteroatoms. The van der Waals surface area contributed by atoms with Crippen LogP contribution in [0.2, 0.25) is 5.02 Å². The number of hydrogen-bond acceptors (Lipinski definition) is 6. The molecular weight excluding hydrogens is 496 g/mol. The van der Waals surface area contributed by atoms with Crippen molar-refractivity contribution >= 4 is 40.2 Å². The molecule has 6 nitrogen and oxygen atoms in total. The largest absolute Gasteiger partial charge is 0.497 e. The van der Waals surface area contributed by atoms with Crippen LogP contribution in [-0.2, 0) is 4.79 Å². The number of benzene rings is 2. The van der Waals surface area contributed by atoms with Crippen LogP contribution in [0.25, 0.3) is 10.9 Å². The fraction of sp³-hybridized carbons (Fsp3) is 0.429. The number of aliphatic carboxylic acids is 1. The smallest absolute Gasteiger partial charge is 0.303 e. The predicted molar refractivity (Wildman–Crippen MR) is 145 cm³/mol. The van der Waals surface area contributed by atoms with Crippen LogP contribution in [0.1, 0.15) is 37.4 Å². The zero-order valence-corrected chi connectivity index (χ0v) is 22.0. The number of aliphatic hydroxyl groups excluding tert-OH is 1. The van der Waals surface area contributed by atoms with Gasteiger partial charge in [-0.3, -0.25) is 9.78 Å². The number of carboxylic acid groups (broad SMARTS) is 1. The number of thioether (sulfide) groups is 1. The minimum absolute atomic E-state index is 0.0723. The van der Waals surface area contributed by atoms with Crippen LogP contribution >= 0.6 is 23.4 Å². The molecule has 0 spiro atoms. The molecule has 1 aliphatic rings. The van der Waals surface area contributed by atoms with E-state index in [1.165, 1.54) is 0 Å². The lowest BCUT2D eigenvalue weighted by atomic mass is 9.79. The highest BCUT2D eigenvalue weighted by Gasteiger charge is 2.31. The maximum Gasteiger partial charge on any atom is 0.303 e. The van der Waals surface area contributed by atoms with Crippen molar-refractivity contribution in [3.8, 4) is 5.75 Å². The molecule has 3 aromatic rings. The first-order valence-corrected chi connectivity index (χ1v) is 13.7. The van der Waals surface area contributed by atoms with E-state index in [2.05, 4.69) is 9.88 Å². The highest BCUT2D eigenvalue weighted by atomic mass is 35.5. The van der Waals surface area contributed by atoms with E-state index in [0.717, 1.165) is 70.4 Å². The van der Waals surface area contributed by atoms with Gasteiger partial charge in [-0.1, -0.05) is 23.7 Å². The maximum absolute atomic E-state index is 11.6. The van der Waals surface area contributed by atoms with E-state index in [-0.39, 0.29) is 18.3 Å². The Labute approximate surface area is 221 Å². The molecule has 0 radical (unpaired) electrons. The van der Waals surface area contributed by atoms with Crippen molar-refractivity contribution in [1.29, 1.82) is 0 Å². The third kappa shape index (κ3) is 6.91. The third-order valence-electron chi connectivity index (χ3n) is 7.07. The number of nitrogens with zero attached hydrogens (tertiary/aromatic N) is 2. The molecule has 2 aromatic carbocycles. The molecular formula is C28H33ClN2O4S. The number of hydrogen-bond donors (Lipinski definition) is 2. The van der Waals surface area contributed by atoms with Gasteiger partial charge in [-0.2, -0.15) is 0 Å². The summed E-state index contributed by atoms with van der Waals surface area (Å²) >= 11 is 8.00. The maximum atomic E-state index is 11.6. The number of carbonyl (C=O) groups is 1. The quantitative estimate of drug-likeness (QED) is 0.299.